The fourth-order valence-electron chi connectivity index (χ4n) is 7.05. The third kappa shape index (κ3) is 6.31. The van der Waals surface area contributed by atoms with E-state index in [9.17, 15) is 19.5 Å². The van der Waals surface area contributed by atoms with Crippen LogP contribution in [0.2, 0.25) is 5.02 Å². The topological polar surface area (TPSA) is 128 Å². The molecule has 5 heterocycles. The Morgan fingerprint density at radius 1 is 0.957 bits per heavy atom. The number of ether oxygens (including phenoxy) is 1. The van der Waals surface area contributed by atoms with E-state index in [-0.39, 0.29) is 24.3 Å². The van der Waals surface area contributed by atoms with Crippen LogP contribution in [0.4, 0.5) is 5.69 Å². The molecule has 1 unspecified atom stereocenters. The molecule has 0 spiro atoms. The molecule has 0 bridgehead atoms. The number of piperidine rings is 3. The van der Waals surface area contributed by atoms with Crippen LogP contribution < -0.4 is 15.0 Å². The SMILES string of the molecule is O=C1CCC(N2Cc3cc(C4(O)CCN(Cc5ccc(N6CCC(Oc7ncc(Cl)cn7)CC6)cc5)CC4)ccc3C2=O)C(=O)N1. The Hall–Kier alpha value is -4.06. The van der Waals surface area contributed by atoms with Gasteiger partial charge < -0.3 is 19.6 Å². The number of imide groups is 1. The molecular weight excluding hydrogens is 608 g/mol. The van der Waals surface area contributed by atoms with Gasteiger partial charge in [0, 0.05) is 69.8 Å². The van der Waals surface area contributed by atoms with Gasteiger partial charge in [-0.25, -0.2) is 9.97 Å². The van der Waals surface area contributed by atoms with Crippen molar-refractivity contribution in [3.05, 3.63) is 82.1 Å². The largest absolute Gasteiger partial charge is 0.460 e. The summed E-state index contributed by atoms with van der Waals surface area (Å²) in [7, 11) is 0. The van der Waals surface area contributed by atoms with E-state index in [0.717, 1.165) is 56.7 Å². The molecule has 4 aliphatic rings. The van der Waals surface area contributed by atoms with Crippen molar-refractivity contribution in [1.82, 2.24) is 25.1 Å². The average molecular weight is 645 g/mol. The van der Waals surface area contributed by atoms with Crippen molar-refractivity contribution >= 4 is 35.0 Å². The highest BCUT2D eigenvalue weighted by molar-refractivity contribution is 6.30. The highest BCUT2D eigenvalue weighted by atomic mass is 35.5. The van der Waals surface area contributed by atoms with Crippen molar-refractivity contribution in [2.75, 3.05) is 31.1 Å². The molecule has 2 N–H and O–H groups in total. The first-order chi connectivity index (χ1) is 22.2. The number of carbonyl (C=O) groups excluding carboxylic acids is 3. The summed E-state index contributed by atoms with van der Waals surface area (Å²) in [4.78, 5) is 51.6. The zero-order valence-electron chi connectivity index (χ0n) is 25.5. The van der Waals surface area contributed by atoms with Crippen LogP contribution in [0.1, 0.15) is 65.6 Å². The van der Waals surface area contributed by atoms with Crippen molar-refractivity contribution in [2.24, 2.45) is 0 Å². The summed E-state index contributed by atoms with van der Waals surface area (Å²) < 4.78 is 5.93. The van der Waals surface area contributed by atoms with Gasteiger partial charge in [0.2, 0.25) is 11.8 Å². The van der Waals surface area contributed by atoms with Crippen molar-refractivity contribution in [1.29, 1.82) is 0 Å². The number of likely N-dealkylation sites (tertiary alicyclic amines) is 1. The molecule has 3 fully saturated rings. The molecule has 1 aromatic heterocycles. The average Bonchev–Trinajstić information content (AvgIpc) is 3.39. The molecule has 3 amide bonds. The predicted molar refractivity (Wildman–Crippen MR) is 170 cm³/mol. The third-order valence-corrected chi connectivity index (χ3v) is 9.96. The Bertz CT molecular complexity index is 1620. The van der Waals surface area contributed by atoms with Crippen LogP contribution in [0.3, 0.4) is 0 Å². The number of carbonyl (C=O) groups is 3. The van der Waals surface area contributed by atoms with Gasteiger partial charge in [0.1, 0.15) is 12.1 Å². The van der Waals surface area contributed by atoms with Gasteiger partial charge in [-0.05, 0) is 54.2 Å². The van der Waals surface area contributed by atoms with Crippen LogP contribution in [-0.2, 0) is 28.3 Å². The standard InChI is InChI=1S/C34H37ClN6O5/c35-25-18-36-33(37-19-25)46-27-9-13-40(14-10-27)26-4-1-22(2-5-26)20-39-15-11-34(45,12-16-39)24-3-6-28-23(17-24)21-41(32(28)44)29-7-8-30(42)38-31(29)43/h1-6,17-19,27,29,45H,7-16,20-21H2,(H,38,42,43). The lowest BCUT2D eigenvalue weighted by Crippen LogP contribution is -2.52. The van der Waals surface area contributed by atoms with Gasteiger partial charge in [0.05, 0.1) is 23.0 Å². The van der Waals surface area contributed by atoms with E-state index < -0.39 is 17.6 Å². The van der Waals surface area contributed by atoms with Crippen molar-refractivity contribution in [2.45, 2.75) is 69.4 Å². The number of nitrogens with one attached hydrogen (secondary N) is 1. The first-order valence-corrected chi connectivity index (χ1v) is 16.3. The number of hydrogen-bond acceptors (Lipinski definition) is 9. The lowest BCUT2D eigenvalue weighted by molar-refractivity contribution is -0.136. The molecule has 240 valence electrons. The summed E-state index contributed by atoms with van der Waals surface area (Å²) in [6.07, 6.45) is 6.69. The third-order valence-electron chi connectivity index (χ3n) is 9.76. The van der Waals surface area contributed by atoms with E-state index in [1.165, 1.54) is 11.3 Å². The fraction of sp³-hybridized carbons (Fsp3) is 0.441. The molecule has 3 aromatic rings. The molecule has 12 heteroatoms. The number of aliphatic hydroxyl groups is 1. The molecular formula is C34H37ClN6O5. The maximum Gasteiger partial charge on any atom is 0.316 e. The Morgan fingerprint density at radius 2 is 1.67 bits per heavy atom. The zero-order valence-corrected chi connectivity index (χ0v) is 26.3. The zero-order chi connectivity index (χ0) is 31.8. The van der Waals surface area contributed by atoms with E-state index in [2.05, 4.69) is 49.4 Å². The number of aromatic nitrogens is 2. The predicted octanol–water partition coefficient (Wildman–Crippen LogP) is 3.42. The van der Waals surface area contributed by atoms with Crippen LogP contribution in [0, 0.1) is 0 Å². The first-order valence-electron chi connectivity index (χ1n) is 15.9. The van der Waals surface area contributed by atoms with Crippen molar-refractivity contribution in [3.8, 4) is 6.01 Å². The van der Waals surface area contributed by atoms with Gasteiger partial charge >= 0.3 is 6.01 Å². The second-order valence-corrected chi connectivity index (χ2v) is 13.2. The molecule has 11 nitrogen and oxygen atoms in total. The Morgan fingerprint density at radius 3 is 2.37 bits per heavy atom. The summed E-state index contributed by atoms with van der Waals surface area (Å²) >= 11 is 5.86. The van der Waals surface area contributed by atoms with Crippen LogP contribution in [0.25, 0.3) is 0 Å². The molecule has 7 rings (SSSR count). The summed E-state index contributed by atoms with van der Waals surface area (Å²) in [5, 5.41) is 14.5. The Kier molecular flexibility index (Phi) is 8.39. The summed E-state index contributed by atoms with van der Waals surface area (Å²) in [5.41, 5.74) is 3.64. The maximum atomic E-state index is 13.1. The highest BCUT2D eigenvalue weighted by Crippen LogP contribution is 2.37. The molecule has 3 saturated heterocycles. The van der Waals surface area contributed by atoms with Gasteiger partial charge in [0.25, 0.3) is 5.91 Å². The minimum absolute atomic E-state index is 0.0845. The number of benzene rings is 2. The number of anilines is 1. The van der Waals surface area contributed by atoms with Gasteiger partial charge in [0.15, 0.2) is 0 Å². The van der Waals surface area contributed by atoms with Crippen LogP contribution in [0.15, 0.2) is 54.9 Å². The Balaban J connectivity index is 0.903. The number of fused-ring (bicyclic) bond motifs is 1. The van der Waals surface area contributed by atoms with Gasteiger partial charge in [-0.1, -0.05) is 35.9 Å². The van der Waals surface area contributed by atoms with Crippen LogP contribution in [0.5, 0.6) is 6.01 Å². The molecule has 4 aliphatic heterocycles. The van der Waals surface area contributed by atoms with E-state index in [1.807, 2.05) is 12.1 Å². The quantitative estimate of drug-likeness (QED) is 0.372. The smallest absolute Gasteiger partial charge is 0.316 e. The highest BCUT2D eigenvalue weighted by Gasteiger charge is 2.41. The molecule has 2 aromatic carbocycles. The number of rotatable bonds is 7. The molecule has 1 atom stereocenters. The molecule has 46 heavy (non-hydrogen) atoms. The molecule has 0 saturated carbocycles. The van der Waals surface area contributed by atoms with Gasteiger partial charge in [-0.15, -0.1) is 0 Å². The number of amides is 3. The Labute approximate surface area is 272 Å². The minimum Gasteiger partial charge on any atom is -0.460 e. The lowest BCUT2D eigenvalue weighted by atomic mass is 9.83. The van der Waals surface area contributed by atoms with Crippen molar-refractivity contribution < 1.29 is 24.2 Å². The molecule has 0 radical (unpaired) electrons. The number of halogens is 1. The van der Waals surface area contributed by atoms with Crippen LogP contribution >= 0.6 is 11.6 Å². The molecule has 0 aliphatic carbocycles. The lowest BCUT2D eigenvalue weighted by Gasteiger charge is -2.39. The second-order valence-electron chi connectivity index (χ2n) is 12.7. The van der Waals surface area contributed by atoms with E-state index in [0.29, 0.717) is 42.4 Å². The van der Waals surface area contributed by atoms with Crippen LogP contribution in [-0.4, -0.2) is 80.9 Å². The van der Waals surface area contributed by atoms with E-state index in [1.54, 1.807) is 23.4 Å². The first kappa shape index (κ1) is 30.6. The van der Waals surface area contributed by atoms with Gasteiger partial charge in [-0.2, -0.15) is 0 Å². The summed E-state index contributed by atoms with van der Waals surface area (Å²) in [6.45, 7) is 4.41. The fourth-order valence-corrected chi connectivity index (χ4v) is 7.14. The van der Waals surface area contributed by atoms with Crippen molar-refractivity contribution in [3.63, 3.8) is 0 Å². The second kappa shape index (κ2) is 12.6. The summed E-state index contributed by atoms with van der Waals surface area (Å²) in [5.74, 6) is -0.926. The van der Waals surface area contributed by atoms with E-state index >= 15 is 0 Å². The van der Waals surface area contributed by atoms with Gasteiger partial charge in [-0.3, -0.25) is 24.6 Å². The number of hydrogen-bond donors (Lipinski definition) is 2. The monoisotopic (exact) mass is 644 g/mol. The minimum atomic E-state index is -0.976. The number of nitrogens with zero attached hydrogens (tertiary/aromatic N) is 5. The summed E-state index contributed by atoms with van der Waals surface area (Å²) in [6, 6.07) is 14.0. The van der Waals surface area contributed by atoms with E-state index in [4.69, 9.17) is 16.3 Å². The normalized spacial score (nSPS) is 22.1. The maximum absolute atomic E-state index is 13.1.